The summed E-state index contributed by atoms with van der Waals surface area (Å²) in [5, 5.41) is 7.88. The molecule has 0 spiro atoms. The lowest BCUT2D eigenvalue weighted by Crippen LogP contribution is -2.17. The van der Waals surface area contributed by atoms with Gasteiger partial charge in [0, 0.05) is 12.4 Å². The molecule has 0 fully saturated rings. The summed E-state index contributed by atoms with van der Waals surface area (Å²) in [5.41, 5.74) is 0.587. The van der Waals surface area contributed by atoms with Crippen molar-refractivity contribution in [2.24, 2.45) is 7.05 Å². The molecule has 3 heterocycles. The molecule has 102 valence electrons. The average molecular weight is 270 g/mol. The van der Waals surface area contributed by atoms with Crippen molar-refractivity contribution in [1.82, 2.24) is 20.1 Å². The molecule has 7 heteroatoms. The normalized spacial score (nSPS) is 16.4. The minimum absolute atomic E-state index is 0.299. The Morgan fingerprint density at radius 1 is 1.21 bits per heavy atom. The van der Waals surface area contributed by atoms with E-state index in [2.05, 4.69) is 15.4 Å². The number of halogens is 3. The number of fused-ring (bicyclic) bond motifs is 3. The predicted octanol–water partition coefficient (Wildman–Crippen LogP) is 1.68. The Balaban J connectivity index is 2.36. The van der Waals surface area contributed by atoms with E-state index in [9.17, 15) is 13.2 Å². The third-order valence-electron chi connectivity index (χ3n) is 3.47. The molecule has 3 rings (SSSR count). The van der Waals surface area contributed by atoms with Gasteiger partial charge < -0.3 is 5.32 Å². The lowest BCUT2D eigenvalue weighted by Gasteiger charge is -2.15. The van der Waals surface area contributed by atoms with Crippen LogP contribution in [0.4, 0.5) is 13.2 Å². The molecule has 2 aromatic heterocycles. The van der Waals surface area contributed by atoms with E-state index < -0.39 is 11.9 Å². The summed E-state index contributed by atoms with van der Waals surface area (Å²) in [6.07, 6.45) is -1.90. The Morgan fingerprint density at radius 2 is 1.89 bits per heavy atom. The van der Waals surface area contributed by atoms with Crippen LogP contribution in [0.15, 0.2) is 6.20 Å². The fourth-order valence-electron chi connectivity index (χ4n) is 2.60. The molecule has 0 saturated heterocycles. The second-order valence-electron chi connectivity index (χ2n) is 4.67. The van der Waals surface area contributed by atoms with Crippen molar-refractivity contribution in [2.75, 3.05) is 13.1 Å². The summed E-state index contributed by atoms with van der Waals surface area (Å²) in [6.45, 7) is 1.22. The molecule has 0 radical (unpaired) electrons. The SMILES string of the molecule is Cn1ncc2c3c(c(C(F)(F)F)nc21)CCNCC3. The molecule has 4 nitrogen and oxygen atoms in total. The van der Waals surface area contributed by atoms with Crippen LogP contribution in [0, 0.1) is 0 Å². The van der Waals surface area contributed by atoms with Gasteiger partial charge in [0.05, 0.1) is 6.20 Å². The summed E-state index contributed by atoms with van der Waals surface area (Å²) >= 11 is 0. The van der Waals surface area contributed by atoms with Gasteiger partial charge in [0.1, 0.15) is 5.69 Å². The monoisotopic (exact) mass is 270 g/mol. The van der Waals surface area contributed by atoms with Crippen LogP contribution in [-0.4, -0.2) is 27.9 Å². The number of aryl methyl sites for hydroxylation is 1. The Labute approximate surface area is 107 Å². The summed E-state index contributed by atoms with van der Waals surface area (Å²) in [6, 6.07) is 0. The molecule has 0 saturated carbocycles. The van der Waals surface area contributed by atoms with Crippen LogP contribution in [0.2, 0.25) is 0 Å². The molecule has 0 amide bonds. The smallest absolute Gasteiger partial charge is 0.316 e. The van der Waals surface area contributed by atoms with Gasteiger partial charge in [0.2, 0.25) is 0 Å². The number of nitrogens with one attached hydrogen (secondary N) is 1. The molecule has 1 N–H and O–H groups in total. The van der Waals surface area contributed by atoms with E-state index in [4.69, 9.17) is 0 Å². The van der Waals surface area contributed by atoms with Gasteiger partial charge in [0.25, 0.3) is 0 Å². The molecule has 1 aliphatic rings. The predicted molar refractivity (Wildman–Crippen MR) is 63.8 cm³/mol. The summed E-state index contributed by atoms with van der Waals surface area (Å²) in [7, 11) is 1.61. The third-order valence-corrected chi connectivity index (χ3v) is 3.47. The van der Waals surface area contributed by atoms with Crippen LogP contribution in [0.25, 0.3) is 11.0 Å². The van der Waals surface area contributed by atoms with E-state index >= 15 is 0 Å². The molecule has 0 aromatic carbocycles. The lowest BCUT2D eigenvalue weighted by molar-refractivity contribution is -0.141. The summed E-state index contributed by atoms with van der Waals surface area (Å²) in [4.78, 5) is 3.81. The van der Waals surface area contributed by atoms with Crippen LogP contribution in [0.1, 0.15) is 16.8 Å². The van der Waals surface area contributed by atoms with Gasteiger partial charge in [-0.3, -0.25) is 4.68 Å². The number of hydrogen-bond donors (Lipinski definition) is 1. The Kier molecular flexibility index (Phi) is 2.74. The van der Waals surface area contributed by atoms with Gasteiger partial charge >= 0.3 is 6.18 Å². The van der Waals surface area contributed by atoms with Gasteiger partial charge in [-0.1, -0.05) is 0 Å². The van der Waals surface area contributed by atoms with Crippen molar-refractivity contribution >= 4 is 11.0 Å². The quantitative estimate of drug-likeness (QED) is 0.792. The van der Waals surface area contributed by atoms with Crippen molar-refractivity contribution in [3.8, 4) is 0 Å². The van der Waals surface area contributed by atoms with Crippen molar-refractivity contribution in [1.29, 1.82) is 0 Å². The zero-order chi connectivity index (χ0) is 13.6. The minimum Gasteiger partial charge on any atom is -0.316 e. The van der Waals surface area contributed by atoms with Gasteiger partial charge in [-0.2, -0.15) is 18.3 Å². The second-order valence-corrected chi connectivity index (χ2v) is 4.67. The van der Waals surface area contributed by atoms with Crippen LogP contribution < -0.4 is 5.32 Å². The summed E-state index contributed by atoms with van der Waals surface area (Å²) in [5.74, 6) is 0. The van der Waals surface area contributed by atoms with E-state index in [-0.39, 0.29) is 0 Å². The van der Waals surface area contributed by atoms with Gasteiger partial charge in [-0.15, -0.1) is 0 Å². The number of hydrogen-bond acceptors (Lipinski definition) is 3. The third kappa shape index (κ3) is 1.98. The largest absolute Gasteiger partial charge is 0.433 e. The van der Waals surface area contributed by atoms with Crippen LogP contribution in [0.3, 0.4) is 0 Å². The summed E-state index contributed by atoms with van der Waals surface area (Å²) < 4.78 is 40.9. The zero-order valence-electron chi connectivity index (χ0n) is 10.4. The van der Waals surface area contributed by atoms with E-state index in [1.165, 1.54) is 4.68 Å². The number of rotatable bonds is 0. The van der Waals surface area contributed by atoms with Crippen LogP contribution in [-0.2, 0) is 26.1 Å². The highest BCUT2D eigenvalue weighted by Crippen LogP contribution is 2.35. The highest BCUT2D eigenvalue weighted by Gasteiger charge is 2.37. The molecule has 2 aromatic rings. The van der Waals surface area contributed by atoms with Gasteiger partial charge in [0.15, 0.2) is 5.65 Å². The zero-order valence-corrected chi connectivity index (χ0v) is 10.4. The maximum atomic E-state index is 13.2. The van der Waals surface area contributed by atoms with Crippen molar-refractivity contribution < 1.29 is 13.2 Å². The highest BCUT2D eigenvalue weighted by atomic mass is 19.4. The van der Waals surface area contributed by atoms with Gasteiger partial charge in [-0.25, -0.2) is 4.98 Å². The Hall–Kier alpha value is -1.63. The first kappa shape index (κ1) is 12.4. The molecule has 0 bridgehead atoms. The van der Waals surface area contributed by atoms with Crippen molar-refractivity contribution in [2.45, 2.75) is 19.0 Å². The lowest BCUT2D eigenvalue weighted by atomic mass is 9.98. The topological polar surface area (TPSA) is 42.7 Å². The first-order chi connectivity index (χ1) is 8.98. The highest BCUT2D eigenvalue weighted by molar-refractivity contribution is 5.80. The first-order valence-electron chi connectivity index (χ1n) is 6.10. The Morgan fingerprint density at radius 3 is 2.58 bits per heavy atom. The van der Waals surface area contributed by atoms with E-state index in [1.807, 2.05) is 0 Å². The number of aromatic nitrogens is 3. The molecule has 0 unspecified atom stereocenters. The van der Waals surface area contributed by atoms with E-state index in [0.29, 0.717) is 37.1 Å². The number of nitrogens with zero attached hydrogens (tertiary/aromatic N) is 3. The fourth-order valence-corrected chi connectivity index (χ4v) is 2.60. The van der Waals surface area contributed by atoms with Crippen molar-refractivity contribution in [3.05, 3.63) is 23.0 Å². The number of pyridine rings is 1. The standard InChI is InChI=1S/C12H13F3N4/c1-19-11-9(6-17-19)7-2-4-16-5-3-8(7)10(18-11)12(13,14)15/h6,16H,2-5H2,1H3. The molecule has 0 atom stereocenters. The molecular weight excluding hydrogens is 257 g/mol. The second kappa shape index (κ2) is 4.19. The first-order valence-corrected chi connectivity index (χ1v) is 6.10. The van der Waals surface area contributed by atoms with E-state index in [0.717, 1.165) is 10.9 Å². The average Bonchev–Trinajstić information content (AvgIpc) is 2.58. The maximum Gasteiger partial charge on any atom is 0.433 e. The van der Waals surface area contributed by atoms with Crippen molar-refractivity contribution in [3.63, 3.8) is 0 Å². The number of alkyl halides is 3. The maximum absolute atomic E-state index is 13.2. The van der Waals surface area contributed by atoms with E-state index in [1.54, 1.807) is 13.2 Å². The minimum atomic E-state index is -4.42. The molecule has 0 aliphatic carbocycles. The van der Waals surface area contributed by atoms with Crippen LogP contribution >= 0.6 is 0 Å². The molecular formula is C12H13F3N4. The van der Waals surface area contributed by atoms with Crippen LogP contribution in [0.5, 0.6) is 0 Å². The van der Waals surface area contributed by atoms with Gasteiger partial charge in [-0.05, 0) is 37.1 Å². The molecule has 1 aliphatic heterocycles. The fraction of sp³-hybridized carbons (Fsp3) is 0.500. The Bertz CT molecular complexity index is 630. The molecule has 19 heavy (non-hydrogen) atoms.